The van der Waals surface area contributed by atoms with Crippen LogP contribution in [0.25, 0.3) is 0 Å². The Kier molecular flexibility index (Phi) is 7.61. The van der Waals surface area contributed by atoms with Gasteiger partial charge in [0, 0.05) is 44.9 Å². The molecule has 0 radical (unpaired) electrons. The number of hydrogen-bond acceptors (Lipinski definition) is 3. The Balaban J connectivity index is 1.71. The molecule has 158 valence electrons. The van der Waals surface area contributed by atoms with Gasteiger partial charge >= 0.3 is 0 Å². The topological polar surface area (TPSA) is 19.6 Å². The monoisotopic (exact) mass is 404 g/mol. The quantitative estimate of drug-likeness (QED) is 0.367. The van der Waals surface area contributed by atoms with Crippen LogP contribution in [0.2, 0.25) is 0 Å². The van der Waals surface area contributed by atoms with E-state index in [0.29, 0.717) is 6.61 Å². The lowest BCUT2D eigenvalue weighted by molar-refractivity contribution is -0.699. The molecule has 1 unspecified atom stereocenters. The van der Waals surface area contributed by atoms with Crippen molar-refractivity contribution < 1.29 is 9.30 Å². The van der Waals surface area contributed by atoms with E-state index in [1.165, 1.54) is 16.8 Å². The summed E-state index contributed by atoms with van der Waals surface area (Å²) in [5.74, 6) is 0. The summed E-state index contributed by atoms with van der Waals surface area (Å²) in [5.41, 5.74) is 3.30. The molecule has 0 spiro atoms. The number of rotatable bonds is 10. The van der Waals surface area contributed by atoms with E-state index in [-0.39, 0.29) is 5.72 Å². The van der Waals surface area contributed by atoms with Gasteiger partial charge in [-0.15, -0.1) is 0 Å². The summed E-state index contributed by atoms with van der Waals surface area (Å²) < 4.78 is 8.77. The highest BCUT2D eigenvalue weighted by molar-refractivity contribution is 5.41. The molecule has 1 aromatic heterocycles. The fraction of sp³-hybridized carbons (Fsp3) is 0.346. The molecular formula is C26H34N3O+. The van der Waals surface area contributed by atoms with Crippen LogP contribution in [0.5, 0.6) is 0 Å². The van der Waals surface area contributed by atoms with Gasteiger partial charge in [-0.25, -0.2) is 4.57 Å². The number of aromatic nitrogens is 1. The van der Waals surface area contributed by atoms with Gasteiger partial charge in [-0.2, -0.15) is 0 Å². The van der Waals surface area contributed by atoms with Crippen molar-refractivity contribution >= 4 is 5.69 Å². The first kappa shape index (κ1) is 22.0. The predicted octanol–water partition coefficient (Wildman–Crippen LogP) is 4.50. The lowest BCUT2D eigenvalue weighted by Gasteiger charge is -2.38. The highest BCUT2D eigenvalue weighted by Gasteiger charge is 2.32. The molecule has 3 rings (SSSR count). The minimum Gasteiger partial charge on any atom is -0.377 e. The molecule has 2 aromatic carbocycles. The summed E-state index contributed by atoms with van der Waals surface area (Å²) in [7, 11) is 6.28. The van der Waals surface area contributed by atoms with Gasteiger partial charge in [0.25, 0.3) is 0 Å². The second-order valence-electron chi connectivity index (χ2n) is 8.23. The molecule has 0 amide bonds. The van der Waals surface area contributed by atoms with Crippen LogP contribution in [-0.2, 0) is 24.4 Å². The smallest absolute Gasteiger partial charge is 0.170 e. The molecule has 0 aliphatic rings. The average molecular weight is 405 g/mol. The van der Waals surface area contributed by atoms with E-state index in [4.69, 9.17) is 4.74 Å². The van der Waals surface area contributed by atoms with Crippen LogP contribution in [0.1, 0.15) is 24.5 Å². The van der Waals surface area contributed by atoms with Crippen LogP contribution >= 0.6 is 0 Å². The molecule has 0 saturated carbocycles. The van der Waals surface area contributed by atoms with Gasteiger partial charge in [0.1, 0.15) is 5.72 Å². The molecular weight excluding hydrogens is 370 g/mol. The van der Waals surface area contributed by atoms with E-state index in [2.05, 4.69) is 122 Å². The fourth-order valence-corrected chi connectivity index (χ4v) is 3.44. The summed E-state index contributed by atoms with van der Waals surface area (Å²) in [6.07, 6.45) is 5.17. The Morgan fingerprint density at radius 1 is 0.800 bits per heavy atom. The normalized spacial score (nSPS) is 13.2. The van der Waals surface area contributed by atoms with Crippen molar-refractivity contribution in [2.24, 2.45) is 0 Å². The van der Waals surface area contributed by atoms with Gasteiger partial charge in [-0.1, -0.05) is 60.7 Å². The highest BCUT2D eigenvalue weighted by atomic mass is 16.5. The maximum Gasteiger partial charge on any atom is 0.170 e. The van der Waals surface area contributed by atoms with Crippen molar-refractivity contribution in [1.29, 1.82) is 0 Å². The lowest BCUT2D eigenvalue weighted by atomic mass is 10.1. The first-order valence-corrected chi connectivity index (χ1v) is 10.6. The van der Waals surface area contributed by atoms with Gasteiger partial charge in [-0.3, -0.25) is 4.90 Å². The number of aryl methyl sites for hydroxylation is 1. The van der Waals surface area contributed by atoms with Crippen molar-refractivity contribution in [3.05, 3.63) is 96.3 Å². The minimum absolute atomic E-state index is 0.390. The second-order valence-corrected chi connectivity index (χ2v) is 8.23. The third-order valence-corrected chi connectivity index (χ3v) is 5.69. The third kappa shape index (κ3) is 6.15. The Hall–Kier alpha value is -2.69. The van der Waals surface area contributed by atoms with Crippen LogP contribution in [0.15, 0.2) is 85.2 Å². The zero-order chi connectivity index (χ0) is 21.4. The molecule has 3 aromatic rings. The Morgan fingerprint density at radius 2 is 1.37 bits per heavy atom. The SMILES string of the molecule is CN(C)c1cc[n+](CCC(C)(OCc2ccccc2)N(C)Cc2ccccc2)cc1. The van der Waals surface area contributed by atoms with Gasteiger partial charge in [0.05, 0.1) is 6.61 Å². The van der Waals surface area contributed by atoms with Crippen LogP contribution < -0.4 is 9.47 Å². The molecule has 0 fully saturated rings. The maximum absolute atomic E-state index is 6.54. The maximum atomic E-state index is 6.54. The Morgan fingerprint density at radius 3 is 1.93 bits per heavy atom. The minimum atomic E-state index is -0.390. The molecule has 30 heavy (non-hydrogen) atoms. The number of pyridine rings is 1. The van der Waals surface area contributed by atoms with Crippen molar-refractivity contribution in [3.8, 4) is 0 Å². The van der Waals surface area contributed by atoms with Gasteiger partial charge in [-0.05, 0) is 25.1 Å². The molecule has 0 aliphatic heterocycles. The molecule has 0 aliphatic carbocycles. The summed E-state index contributed by atoms with van der Waals surface area (Å²) >= 11 is 0. The zero-order valence-electron chi connectivity index (χ0n) is 18.7. The first-order valence-electron chi connectivity index (χ1n) is 10.6. The van der Waals surface area contributed by atoms with E-state index >= 15 is 0 Å². The average Bonchev–Trinajstić information content (AvgIpc) is 2.78. The molecule has 4 heteroatoms. The number of hydrogen-bond donors (Lipinski definition) is 0. The van der Waals surface area contributed by atoms with E-state index in [9.17, 15) is 0 Å². The van der Waals surface area contributed by atoms with E-state index < -0.39 is 0 Å². The van der Waals surface area contributed by atoms with Gasteiger partial charge in [0.2, 0.25) is 0 Å². The van der Waals surface area contributed by atoms with Crippen LogP contribution in [0.4, 0.5) is 5.69 Å². The zero-order valence-corrected chi connectivity index (χ0v) is 18.7. The summed E-state index contributed by atoms with van der Waals surface area (Å²) in [4.78, 5) is 4.44. The van der Waals surface area contributed by atoms with Crippen molar-refractivity contribution in [2.45, 2.75) is 38.8 Å². The molecule has 1 atom stereocenters. The standard InChI is InChI=1S/C26H34N3O/c1-26(30-22-24-13-9-6-10-14-24,28(4)21-23-11-7-5-8-12-23)17-20-29-18-15-25(16-19-29)27(2)3/h5-16,18-19H,17,20-22H2,1-4H3/q+1. The Labute approximate surface area is 181 Å². The largest absolute Gasteiger partial charge is 0.377 e. The molecule has 4 nitrogen and oxygen atoms in total. The Bertz CT molecular complexity index is 881. The first-order chi connectivity index (χ1) is 14.5. The number of benzene rings is 2. The number of anilines is 1. The number of nitrogens with zero attached hydrogens (tertiary/aromatic N) is 3. The van der Waals surface area contributed by atoms with E-state index in [1.807, 2.05) is 6.07 Å². The summed E-state index contributed by atoms with van der Waals surface area (Å²) in [6.45, 7) is 4.53. The summed E-state index contributed by atoms with van der Waals surface area (Å²) in [6, 6.07) is 25.3. The van der Waals surface area contributed by atoms with E-state index in [1.54, 1.807) is 0 Å². The molecule has 1 heterocycles. The highest BCUT2D eigenvalue weighted by Crippen LogP contribution is 2.24. The van der Waals surface area contributed by atoms with Gasteiger partial charge < -0.3 is 9.64 Å². The predicted molar refractivity (Wildman–Crippen MR) is 123 cm³/mol. The second kappa shape index (κ2) is 10.4. The van der Waals surface area contributed by atoms with Crippen LogP contribution in [-0.4, -0.2) is 31.8 Å². The third-order valence-electron chi connectivity index (χ3n) is 5.69. The lowest BCUT2D eigenvalue weighted by Crippen LogP contribution is -2.49. The molecule has 0 saturated heterocycles. The molecule has 0 N–H and O–H groups in total. The van der Waals surface area contributed by atoms with Crippen molar-refractivity contribution in [1.82, 2.24) is 4.90 Å². The van der Waals surface area contributed by atoms with Crippen molar-refractivity contribution in [2.75, 3.05) is 26.0 Å². The fourth-order valence-electron chi connectivity index (χ4n) is 3.44. The van der Waals surface area contributed by atoms with Gasteiger partial charge in [0.15, 0.2) is 18.9 Å². The van der Waals surface area contributed by atoms with Crippen LogP contribution in [0.3, 0.4) is 0 Å². The van der Waals surface area contributed by atoms with E-state index in [0.717, 1.165) is 19.5 Å². The van der Waals surface area contributed by atoms with Crippen LogP contribution in [0, 0.1) is 0 Å². The van der Waals surface area contributed by atoms with Crippen molar-refractivity contribution in [3.63, 3.8) is 0 Å². The molecule has 0 bridgehead atoms. The summed E-state index contributed by atoms with van der Waals surface area (Å²) in [5, 5.41) is 0. The number of ether oxygens (including phenoxy) is 1.